The molecule has 0 aromatic heterocycles. The lowest BCUT2D eigenvalue weighted by molar-refractivity contribution is -0.383. The van der Waals surface area contributed by atoms with Crippen LogP contribution in [0.1, 0.15) is 10.4 Å². The van der Waals surface area contributed by atoms with Crippen molar-refractivity contribution in [2.75, 3.05) is 6.79 Å². The van der Waals surface area contributed by atoms with Crippen molar-refractivity contribution in [2.24, 2.45) is 0 Å². The van der Waals surface area contributed by atoms with E-state index in [4.69, 9.17) is 9.47 Å². The fraction of sp³-hybridized carbons (Fsp3) is 0.0625. The summed E-state index contributed by atoms with van der Waals surface area (Å²) in [5, 5.41) is 33.6. The maximum Gasteiger partial charge on any atom is 0.336 e. The molecule has 0 radical (unpaired) electrons. The van der Waals surface area contributed by atoms with Crippen LogP contribution in [0.3, 0.4) is 0 Å². The molecular formula is C16H8NO7-. The van der Waals surface area contributed by atoms with Gasteiger partial charge in [0.05, 0.1) is 15.9 Å². The number of fused-ring (bicyclic) bond motifs is 5. The van der Waals surface area contributed by atoms with Crippen molar-refractivity contribution in [3.63, 3.8) is 0 Å². The summed E-state index contributed by atoms with van der Waals surface area (Å²) in [7, 11) is 0. The Balaban J connectivity index is 2.34. The summed E-state index contributed by atoms with van der Waals surface area (Å²) < 4.78 is 10.6. The van der Waals surface area contributed by atoms with Crippen LogP contribution in [0.4, 0.5) is 5.69 Å². The van der Waals surface area contributed by atoms with E-state index in [2.05, 4.69) is 0 Å². The number of benzene rings is 3. The molecule has 3 aromatic rings. The standard InChI is InChI=1S/C16H9NO7/c18-8-2-1-7-3-11(17(21)22)13-10(16(19)20)5-12-15(24-6-23-12)14(13)9(7)4-8/h1-5,18H,6H2,(H,19,20)/p-1. The van der Waals surface area contributed by atoms with Gasteiger partial charge in [-0.3, -0.25) is 10.1 Å². The third kappa shape index (κ3) is 1.83. The number of hydrogen-bond donors (Lipinski definition) is 1. The molecule has 0 saturated carbocycles. The van der Waals surface area contributed by atoms with Crippen molar-refractivity contribution in [1.82, 2.24) is 0 Å². The number of carboxylic acid groups (broad SMARTS) is 1. The van der Waals surface area contributed by atoms with Crippen molar-refractivity contribution < 1.29 is 29.4 Å². The maximum absolute atomic E-state index is 11.7. The number of carbonyl (C=O) groups is 1. The second kappa shape index (κ2) is 4.72. The minimum absolute atomic E-state index is 0.0881. The third-order valence-electron chi connectivity index (χ3n) is 3.93. The molecule has 0 amide bonds. The minimum Gasteiger partial charge on any atom is -0.872 e. The SMILES string of the molecule is O=C(O)c1cc2c(c3c1c([N+](=O)[O-])cc1ccc([O-])cc13)OCO2. The first kappa shape index (κ1) is 14.1. The molecule has 1 aliphatic rings. The van der Waals surface area contributed by atoms with E-state index in [0.717, 1.165) is 0 Å². The van der Waals surface area contributed by atoms with E-state index in [1.807, 2.05) is 0 Å². The fourth-order valence-electron chi connectivity index (χ4n) is 2.98. The van der Waals surface area contributed by atoms with E-state index in [1.54, 1.807) is 0 Å². The van der Waals surface area contributed by atoms with Crippen LogP contribution in [-0.4, -0.2) is 22.8 Å². The van der Waals surface area contributed by atoms with Gasteiger partial charge in [0, 0.05) is 11.5 Å². The highest BCUT2D eigenvalue weighted by molar-refractivity contribution is 6.21. The van der Waals surface area contributed by atoms with E-state index >= 15 is 0 Å². The Hall–Kier alpha value is -3.55. The molecule has 0 bridgehead atoms. The summed E-state index contributed by atoms with van der Waals surface area (Å²) in [4.78, 5) is 22.4. The van der Waals surface area contributed by atoms with Crippen molar-refractivity contribution in [1.29, 1.82) is 0 Å². The van der Waals surface area contributed by atoms with Gasteiger partial charge in [-0.25, -0.2) is 4.79 Å². The summed E-state index contributed by atoms with van der Waals surface area (Å²) in [6.07, 6.45) is 0. The Labute approximate surface area is 133 Å². The van der Waals surface area contributed by atoms with Crippen LogP contribution in [0.15, 0.2) is 30.3 Å². The molecule has 3 aromatic carbocycles. The van der Waals surface area contributed by atoms with E-state index in [-0.39, 0.29) is 46.1 Å². The van der Waals surface area contributed by atoms with E-state index in [0.29, 0.717) is 10.8 Å². The maximum atomic E-state index is 11.7. The second-order valence-electron chi connectivity index (χ2n) is 5.25. The highest BCUT2D eigenvalue weighted by Gasteiger charge is 2.29. The molecule has 0 unspecified atom stereocenters. The monoisotopic (exact) mass is 326 g/mol. The van der Waals surface area contributed by atoms with Gasteiger partial charge in [0.25, 0.3) is 5.69 Å². The number of aromatic carboxylic acids is 1. The number of hydrogen-bond acceptors (Lipinski definition) is 6. The smallest absolute Gasteiger partial charge is 0.336 e. The fourth-order valence-corrected chi connectivity index (χ4v) is 2.98. The molecule has 4 rings (SSSR count). The van der Waals surface area contributed by atoms with Crippen molar-refractivity contribution in [3.05, 3.63) is 46.0 Å². The predicted molar refractivity (Wildman–Crippen MR) is 80.6 cm³/mol. The van der Waals surface area contributed by atoms with Crippen LogP contribution in [0.25, 0.3) is 21.5 Å². The van der Waals surface area contributed by atoms with Crippen LogP contribution in [0, 0.1) is 10.1 Å². The topological polar surface area (TPSA) is 122 Å². The summed E-state index contributed by atoms with van der Waals surface area (Å²) in [5.74, 6) is -1.25. The first-order valence-electron chi connectivity index (χ1n) is 6.85. The van der Waals surface area contributed by atoms with Crippen LogP contribution in [0.2, 0.25) is 0 Å². The highest BCUT2D eigenvalue weighted by Crippen LogP contribution is 2.47. The second-order valence-corrected chi connectivity index (χ2v) is 5.25. The van der Waals surface area contributed by atoms with Crippen molar-refractivity contribution in [2.45, 2.75) is 0 Å². The minimum atomic E-state index is -1.33. The molecule has 0 saturated heterocycles. The molecule has 8 heteroatoms. The first-order valence-corrected chi connectivity index (χ1v) is 6.85. The summed E-state index contributed by atoms with van der Waals surface area (Å²) in [5.41, 5.74) is -0.647. The number of non-ortho nitro benzene ring substituents is 1. The lowest BCUT2D eigenvalue weighted by Crippen LogP contribution is -2.02. The molecule has 0 aliphatic carbocycles. The van der Waals surface area contributed by atoms with Gasteiger partial charge < -0.3 is 19.7 Å². The van der Waals surface area contributed by atoms with Crippen molar-refractivity contribution in [3.8, 4) is 17.2 Å². The number of rotatable bonds is 2. The molecule has 0 fully saturated rings. The molecule has 1 aliphatic heterocycles. The first-order chi connectivity index (χ1) is 11.5. The number of ether oxygens (including phenoxy) is 2. The average molecular weight is 326 g/mol. The zero-order chi connectivity index (χ0) is 17.0. The van der Waals surface area contributed by atoms with E-state index < -0.39 is 10.9 Å². The summed E-state index contributed by atoms with van der Waals surface area (Å²) in [6, 6.07) is 6.50. The lowest BCUT2D eigenvalue weighted by atomic mass is 9.95. The van der Waals surface area contributed by atoms with Gasteiger partial charge in [-0.1, -0.05) is 18.2 Å². The third-order valence-corrected chi connectivity index (χ3v) is 3.93. The lowest BCUT2D eigenvalue weighted by Gasteiger charge is -2.13. The molecule has 0 atom stereocenters. The van der Waals surface area contributed by atoms with Crippen LogP contribution in [0.5, 0.6) is 17.2 Å². The van der Waals surface area contributed by atoms with E-state index in [9.17, 15) is 25.1 Å². The highest BCUT2D eigenvalue weighted by atomic mass is 16.7. The number of nitrogens with zero attached hydrogens (tertiary/aromatic N) is 1. The zero-order valence-electron chi connectivity index (χ0n) is 11.9. The predicted octanol–water partition coefficient (Wildman–Crippen LogP) is 2.40. The largest absolute Gasteiger partial charge is 0.872 e. The van der Waals surface area contributed by atoms with Gasteiger partial charge in [0.2, 0.25) is 6.79 Å². The van der Waals surface area contributed by atoms with Gasteiger partial charge in [0.15, 0.2) is 11.5 Å². The normalized spacial score (nSPS) is 12.7. The molecule has 1 heterocycles. The Kier molecular flexibility index (Phi) is 2.77. The van der Waals surface area contributed by atoms with Gasteiger partial charge in [-0.2, -0.15) is 0 Å². The molecule has 120 valence electrons. The Morgan fingerprint density at radius 1 is 1.17 bits per heavy atom. The molecule has 1 N–H and O–H groups in total. The van der Waals surface area contributed by atoms with Gasteiger partial charge in [-0.05, 0) is 16.8 Å². The number of nitro groups is 1. The zero-order valence-corrected chi connectivity index (χ0v) is 11.9. The van der Waals surface area contributed by atoms with Gasteiger partial charge >= 0.3 is 5.97 Å². The Morgan fingerprint density at radius 2 is 1.96 bits per heavy atom. The average Bonchev–Trinajstić information content (AvgIpc) is 3.00. The Morgan fingerprint density at radius 3 is 2.67 bits per heavy atom. The van der Waals surface area contributed by atoms with Crippen LogP contribution < -0.4 is 14.6 Å². The van der Waals surface area contributed by atoms with E-state index in [1.165, 1.54) is 30.3 Å². The molecular weight excluding hydrogens is 318 g/mol. The summed E-state index contributed by atoms with van der Waals surface area (Å²) >= 11 is 0. The molecule has 0 spiro atoms. The number of carboxylic acids is 1. The molecule has 24 heavy (non-hydrogen) atoms. The summed E-state index contributed by atoms with van der Waals surface area (Å²) in [6.45, 7) is -0.130. The Bertz CT molecular complexity index is 1060. The van der Waals surface area contributed by atoms with Crippen molar-refractivity contribution >= 4 is 33.2 Å². The van der Waals surface area contributed by atoms with Gasteiger partial charge in [-0.15, -0.1) is 5.75 Å². The van der Waals surface area contributed by atoms with Crippen LogP contribution >= 0.6 is 0 Å². The quantitative estimate of drug-likeness (QED) is 0.436. The number of nitro benzene ring substituents is 1. The molecule has 8 nitrogen and oxygen atoms in total. The van der Waals surface area contributed by atoms with Crippen LogP contribution in [-0.2, 0) is 0 Å². The van der Waals surface area contributed by atoms with Gasteiger partial charge in [0.1, 0.15) is 0 Å².